The number of amides is 6. The summed E-state index contributed by atoms with van der Waals surface area (Å²) in [5, 5.41) is 10.7. The highest BCUT2D eigenvalue weighted by molar-refractivity contribution is 6.12. The minimum absolute atomic E-state index is 0.152. The molecular formula is C31H52N6O8. The van der Waals surface area contributed by atoms with E-state index in [1.165, 1.54) is 19.1 Å². The van der Waals surface area contributed by atoms with Gasteiger partial charge in [0.2, 0.25) is 23.6 Å². The number of imide groups is 1. The van der Waals surface area contributed by atoms with E-state index in [9.17, 15) is 33.6 Å². The summed E-state index contributed by atoms with van der Waals surface area (Å²) in [4.78, 5) is 87.5. The van der Waals surface area contributed by atoms with Gasteiger partial charge in [-0.05, 0) is 72.6 Å². The Kier molecular flexibility index (Phi) is 16.4. The Morgan fingerprint density at radius 1 is 0.822 bits per heavy atom. The van der Waals surface area contributed by atoms with Crippen LogP contribution in [0.25, 0.3) is 0 Å². The first-order chi connectivity index (χ1) is 20.9. The van der Waals surface area contributed by atoms with Crippen molar-refractivity contribution in [2.45, 2.75) is 123 Å². The number of carbonyl (C=O) groups excluding carboxylic acids is 7. The zero-order valence-corrected chi connectivity index (χ0v) is 27.7. The highest BCUT2D eigenvalue weighted by Crippen LogP contribution is 2.13. The topological polar surface area (TPSA) is 206 Å². The molecule has 0 aromatic rings. The van der Waals surface area contributed by atoms with Crippen molar-refractivity contribution >= 4 is 41.4 Å². The molecule has 1 aliphatic rings. The smallest absolute Gasteiger partial charge is 0.329 e. The summed E-state index contributed by atoms with van der Waals surface area (Å²) >= 11 is 0. The fraction of sp³-hybridized carbons (Fsp3) is 0.710. The van der Waals surface area contributed by atoms with Crippen molar-refractivity contribution in [1.82, 2.24) is 26.2 Å². The Bertz CT molecular complexity index is 1080. The van der Waals surface area contributed by atoms with Gasteiger partial charge in [-0.2, -0.15) is 0 Å². The Hall–Kier alpha value is -3.81. The van der Waals surface area contributed by atoms with Crippen molar-refractivity contribution < 1.29 is 38.3 Å². The first-order valence-electron chi connectivity index (χ1n) is 15.6. The van der Waals surface area contributed by atoms with Crippen molar-refractivity contribution in [3.05, 3.63) is 12.2 Å². The van der Waals surface area contributed by atoms with E-state index < -0.39 is 47.6 Å². The van der Waals surface area contributed by atoms with Gasteiger partial charge in [0.05, 0.1) is 6.04 Å². The van der Waals surface area contributed by atoms with Gasteiger partial charge in [-0.3, -0.25) is 33.7 Å². The molecule has 0 aromatic carbocycles. The molecule has 0 aromatic heterocycles. The Balaban J connectivity index is 2.63. The number of ether oxygens (including phenoxy) is 1. The number of rotatable bonds is 19. The molecule has 0 aliphatic carbocycles. The van der Waals surface area contributed by atoms with Gasteiger partial charge in [0.1, 0.15) is 23.7 Å². The van der Waals surface area contributed by atoms with Crippen molar-refractivity contribution in [2.75, 3.05) is 13.1 Å². The molecule has 0 spiro atoms. The van der Waals surface area contributed by atoms with Crippen LogP contribution in [0.4, 0.5) is 0 Å². The van der Waals surface area contributed by atoms with Crippen LogP contribution in [0.15, 0.2) is 12.2 Å². The summed E-state index contributed by atoms with van der Waals surface area (Å²) in [5.74, 6) is -3.33. The predicted octanol–water partition coefficient (Wildman–Crippen LogP) is 0.578. The molecule has 1 heterocycles. The summed E-state index contributed by atoms with van der Waals surface area (Å²) < 4.78 is 5.47. The Morgan fingerprint density at radius 2 is 1.44 bits per heavy atom. The van der Waals surface area contributed by atoms with Gasteiger partial charge >= 0.3 is 5.97 Å². The van der Waals surface area contributed by atoms with E-state index in [0.29, 0.717) is 38.6 Å². The number of hydrogen-bond donors (Lipinski definition) is 5. The maximum atomic E-state index is 13.1. The lowest BCUT2D eigenvalue weighted by Gasteiger charge is -2.27. The van der Waals surface area contributed by atoms with Crippen molar-refractivity contribution in [3.8, 4) is 0 Å². The molecule has 0 fully saturated rings. The third kappa shape index (κ3) is 15.2. The fourth-order valence-electron chi connectivity index (χ4n) is 4.30. The second-order valence-electron chi connectivity index (χ2n) is 12.7. The third-order valence-corrected chi connectivity index (χ3v) is 6.84. The predicted molar refractivity (Wildman–Crippen MR) is 167 cm³/mol. The highest BCUT2D eigenvalue weighted by atomic mass is 16.6. The van der Waals surface area contributed by atoms with E-state index in [-0.39, 0.29) is 48.9 Å². The Labute approximate surface area is 266 Å². The molecule has 1 rings (SSSR count). The van der Waals surface area contributed by atoms with E-state index in [0.717, 1.165) is 4.90 Å². The van der Waals surface area contributed by atoms with Gasteiger partial charge in [0.25, 0.3) is 11.8 Å². The number of carbonyl (C=O) groups is 7. The molecule has 4 atom stereocenters. The molecule has 6 N–H and O–H groups in total. The lowest BCUT2D eigenvalue weighted by atomic mass is 10.0. The summed E-state index contributed by atoms with van der Waals surface area (Å²) in [6.45, 7) is 12.4. The van der Waals surface area contributed by atoms with Crippen molar-refractivity contribution in [1.29, 1.82) is 0 Å². The van der Waals surface area contributed by atoms with Gasteiger partial charge < -0.3 is 31.7 Å². The van der Waals surface area contributed by atoms with Crippen LogP contribution in [0.5, 0.6) is 0 Å². The van der Waals surface area contributed by atoms with Gasteiger partial charge in [-0.1, -0.05) is 20.3 Å². The average molecular weight is 637 g/mol. The minimum Gasteiger partial charge on any atom is -0.458 e. The van der Waals surface area contributed by atoms with Gasteiger partial charge in [-0.25, -0.2) is 4.79 Å². The molecule has 1 aliphatic heterocycles. The van der Waals surface area contributed by atoms with Crippen LogP contribution in [0.2, 0.25) is 0 Å². The van der Waals surface area contributed by atoms with Crippen LogP contribution in [0.3, 0.4) is 0 Å². The number of nitrogens with two attached hydrogens (primary N) is 1. The summed E-state index contributed by atoms with van der Waals surface area (Å²) in [7, 11) is 0. The normalized spacial score (nSPS) is 15.7. The van der Waals surface area contributed by atoms with E-state index in [1.54, 1.807) is 41.5 Å². The number of nitrogens with one attached hydrogen (secondary N) is 4. The van der Waals surface area contributed by atoms with E-state index >= 15 is 0 Å². The standard InChI is InChI=1S/C31H52N6O8/c1-19(2)26(36-23(38)14-9-8-12-18-37-24(39)15-16-25(37)40)29(43)34-21(4)28(42)35-22(30(44)45-31(5,6)7)13-10-11-17-33-27(41)20(3)32/h15-16,19-22,26H,8-14,17-18,32H2,1-7H3,(H,33,41)(H,34,43)(H,35,42)(H,36,38)/t20-,21+,22+,26?/m1/s1. The molecular weight excluding hydrogens is 584 g/mol. The van der Waals surface area contributed by atoms with Crippen LogP contribution in [-0.4, -0.2) is 89.2 Å². The van der Waals surface area contributed by atoms with Crippen molar-refractivity contribution in [3.63, 3.8) is 0 Å². The first kappa shape index (κ1) is 39.2. The SMILES string of the molecule is CC(C)C(NC(=O)CCCCCN1C(=O)C=CC1=O)C(=O)N[C@@H](C)C(=O)N[C@@H](CCCCNC(=O)[C@@H](C)N)C(=O)OC(C)(C)C. The zero-order chi connectivity index (χ0) is 34.3. The largest absolute Gasteiger partial charge is 0.458 e. The molecule has 0 saturated carbocycles. The second kappa shape index (κ2) is 18.9. The summed E-state index contributed by atoms with van der Waals surface area (Å²) in [6.07, 6.45) is 5.58. The highest BCUT2D eigenvalue weighted by Gasteiger charge is 2.31. The average Bonchev–Trinajstić information content (AvgIpc) is 3.25. The van der Waals surface area contributed by atoms with Crippen LogP contribution >= 0.6 is 0 Å². The molecule has 0 bridgehead atoms. The van der Waals surface area contributed by atoms with Crippen LogP contribution < -0.4 is 27.0 Å². The molecule has 254 valence electrons. The zero-order valence-electron chi connectivity index (χ0n) is 27.7. The van der Waals surface area contributed by atoms with Gasteiger partial charge in [0, 0.05) is 31.7 Å². The van der Waals surface area contributed by atoms with Gasteiger partial charge in [0.15, 0.2) is 0 Å². The van der Waals surface area contributed by atoms with Crippen LogP contribution in [0, 0.1) is 5.92 Å². The number of hydrogen-bond acceptors (Lipinski definition) is 9. The number of unbranched alkanes of at least 4 members (excludes halogenated alkanes) is 3. The lowest BCUT2D eigenvalue weighted by Crippen LogP contribution is -2.56. The maximum absolute atomic E-state index is 13.1. The molecule has 1 unspecified atom stereocenters. The quantitative estimate of drug-likeness (QED) is 0.0762. The van der Waals surface area contributed by atoms with Crippen molar-refractivity contribution in [2.24, 2.45) is 11.7 Å². The summed E-state index contributed by atoms with van der Waals surface area (Å²) in [5.41, 5.74) is 4.76. The molecule has 14 nitrogen and oxygen atoms in total. The van der Waals surface area contributed by atoms with E-state index in [1.807, 2.05) is 0 Å². The van der Waals surface area contributed by atoms with Gasteiger partial charge in [-0.15, -0.1) is 0 Å². The Morgan fingerprint density at radius 3 is 2.00 bits per heavy atom. The van der Waals surface area contributed by atoms with Crippen LogP contribution in [0.1, 0.15) is 93.4 Å². The molecule has 45 heavy (non-hydrogen) atoms. The van der Waals surface area contributed by atoms with E-state index in [2.05, 4.69) is 21.3 Å². The minimum atomic E-state index is -1.02. The monoisotopic (exact) mass is 636 g/mol. The number of esters is 1. The van der Waals surface area contributed by atoms with Crippen LogP contribution in [-0.2, 0) is 38.3 Å². The first-order valence-corrected chi connectivity index (χ1v) is 15.6. The molecule has 0 radical (unpaired) electrons. The second-order valence-corrected chi connectivity index (χ2v) is 12.7. The molecule has 0 saturated heterocycles. The van der Waals surface area contributed by atoms with E-state index in [4.69, 9.17) is 10.5 Å². The number of nitrogens with zero attached hydrogens (tertiary/aromatic N) is 1. The lowest BCUT2D eigenvalue weighted by molar-refractivity contribution is -0.159. The maximum Gasteiger partial charge on any atom is 0.329 e. The fourth-order valence-corrected chi connectivity index (χ4v) is 4.30. The summed E-state index contributed by atoms with van der Waals surface area (Å²) in [6, 6.07) is -3.52. The molecule has 14 heteroatoms. The third-order valence-electron chi connectivity index (χ3n) is 6.84. The molecule has 6 amide bonds.